The molecule has 0 aliphatic rings. The van der Waals surface area contributed by atoms with E-state index in [0.29, 0.717) is 5.56 Å². The normalized spacial score (nSPS) is 9.89. The van der Waals surface area contributed by atoms with E-state index in [-0.39, 0.29) is 0 Å². The molecular formula is C16H15NSi. The van der Waals surface area contributed by atoms with Gasteiger partial charge in [-0.3, -0.25) is 0 Å². The van der Waals surface area contributed by atoms with E-state index < -0.39 is 8.07 Å². The molecule has 1 rings (SSSR count). The molecule has 0 N–H and O–H groups in total. The van der Waals surface area contributed by atoms with Crippen LogP contribution in [-0.4, -0.2) is 8.07 Å². The molecule has 0 spiro atoms. The number of nitriles is 1. The topological polar surface area (TPSA) is 23.8 Å². The summed E-state index contributed by atoms with van der Waals surface area (Å²) in [5, 5.41) is 8.90. The first kappa shape index (κ1) is 13.9. The Morgan fingerprint density at radius 2 is 1.61 bits per heavy atom. The molecular weight excluding hydrogens is 234 g/mol. The average Bonchev–Trinajstić information content (AvgIpc) is 2.32. The van der Waals surface area contributed by atoms with E-state index >= 15 is 0 Å². The predicted molar refractivity (Wildman–Crippen MR) is 78.3 cm³/mol. The molecule has 88 valence electrons. The first-order valence-electron chi connectivity index (χ1n) is 5.71. The molecule has 0 amide bonds. The molecule has 0 fully saturated rings. The molecule has 1 nitrogen and oxygen atoms in total. The summed E-state index contributed by atoms with van der Waals surface area (Å²) in [6.45, 7) is 6.59. The second kappa shape index (κ2) is 6.50. The SMILES string of the molecule is C[Si](C)(C)C#C/C=C/C#Cc1ccccc1C#N. The van der Waals surface area contributed by atoms with Gasteiger partial charge in [-0.25, -0.2) is 0 Å². The van der Waals surface area contributed by atoms with Crippen LogP contribution in [0.5, 0.6) is 0 Å². The van der Waals surface area contributed by atoms with Crippen LogP contribution in [0, 0.1) is 34.6 Å². The first-order valence-corrected chi connectivity index (χ1v) is 9.21. The van der Waals surface area contributed by atoms with Gasteiger partial charge in [-0.05, 0) is 24.3 Å². The van der Waals surface area contributed by atoms with Gasteiger partial charge in [0.25, 0.3) is 0 Å². The zero-order chi connectivity index (χ0) is 13.4. The lowest BCUT2D eigenvalue weighted by atomic mass is 10.1. The van der Waals surface area contributed by atoms with Crippen molar-refractivity contribution in [3.05, 3.63) is 47.5 Å². The van der Waals surface area contributed by atoms with Crippen molar-refractivity contribution in [2.75, 3.05) is 0 Å². The minimum Gasteiger partial charge on any atom is -0.192 e. The zero-order valence-electron chi connectivity index (χ0n) is 10.9. The Kier molecular flexibility index (Phi) is 5.01. The van der Waals surface area contributed by atoms with E-state index in [1.165, 1.54) is 0 Å². The van der Waals surface area contributed by atoms with Crippen LogP contribution in [0.25, 0.3) is 0 Å². The molecule has 0 aliphatic heterocycles. The highest BCUT2D eigenvalue weighted by molar-refractivity contribution is 6.83. The summed E-state index contributed by atoms with van der Waals surface area (Å²) >= 11 is 0. The molecule has 0 atom stereocenters. The van der Waals surface area contributed by atoms with E-state index in [9.17, 15) is 0 Å². The summed E-state index contributed by atoms with van der Waals surface area (Å²) in [6.07, 6.45) is 3.49. The van der Waals surface area contributed by atoms with Crippen LogP contribution < -0.4 is 0 Å². The summed E-state index contributed by atoms with van der Waals surface area (Å²) in [5.74, 6) is 8.84. The fourth-order valence-corrected chi connectivity index (χ4v) is 1.67. The van der Waals surface area contributed by atoms with Gasteiger partial charge in [0.15, 0.2) is 0 Å². The third kappa shape index (κ3) is 5.22. The fourth-order valence-electron chi connectivity index (χ4n) is 1.15. The van der Waals surface area contributed by atoms with Gasteiger partial charge in [-0.15, -0.1) is 5.54 Å². The van der Waals surface area contributed by atoms with Crippen molar-refractivity contribution >= 4 is 8.07 Å². The molecule has 2 heteroatoms. The third-order valence-electron chi connectivity index (χ3n) is 1.95. The molecule has 1 aromatic rings. The Morgan fingerprint density at radius 1 is 1.00 bits per heavy atom. The van der Waals surface area contributed by atoms with E-state index in [2.05, 4.69) is 49.0 Å². The Morgan fingerprint density at radius 3 is 2.22 bits per heavy atom. The number of hydrogen-bond acceptors (Lipinski definition) is 1. The van der Waals surface area contributed by atoms with E-state index in [4.69, 9.17) is 5.26 Å². The van der Waals surface area contributed by atoms with Crippen molar-refractivity contribution in [2.45, 2.75) is 19.6 Å². The molecule has 0 heterocycles. The summed E-state index contributed by atoms with van der Waals surface area (Å²) < 4.78 is 0. The van der Waals surface area contributed by atoms with Crippen molar-refractivity contribution in [1.82, 2.24) is 0 Å². The minimum atomic E-state index is -1.30. The smallest absolute Gasteiger partial charge is 0.129 e. The highest BCUT2D eigenvalue weighted by Gasteiger charge is 2.06. The maximum Gasteiger partial charge on any atom is 0.129 e. The fraction of sp³-hybridized carbons (Fsp3) is 0.188. The minimum absolute atomic E-state index is 0.603. The molecule has 0 aliphatic carbocycles. The lowest BCUT2D eigenvalue weighted by Crippen LogP contribution is -2.16. The quantitative estimate of drug-likeness (QED) is 0.511. The lowest BCUT2D eigenvalue weighted by molar-refractivity contribution is 1.47. The summed E-state index contributed by atoms with van der Waals surface area (Å²) in [7, 11) is -1.30. The highest BCUT2D eigenvalue weighted by Crippen LogP contribution is 2.04. The standard InChI is InChI=1S/C16H15NSi/c1-18(2,3)13-9-5-4-6-10-15-11-7-8-12-16(15)14-17/h4-5,7-8,11-12H,1-3H3/b5-4+. The molecule has 0 bridgehead atoms. The zero-order valence-corrected chi connectivity index (χ0v) is 11.9. The number of hydrogen-bond donors (Lipinski definition) is 0. The van der Waals surface area contributed by atoms with Crippen molar-refractivity contribution < 1.29 is 0 Å². The van der Waals surface area contributed by atoms with Crippen LogP contribution in [-0.2, 0) is 0 Å². The summed E-state index contributed by atoms with van der Waals surface area (Å²) in [5.41, 5.74) is 4.58. The predicted octanol–water partition coefficient (Wildman–Crippen LogP) is 3.35. The van der Waals surface area contributed by atoms with Crippen LogP contribution in [0.15, 0.2) is 36.4 Å². The van der Waals surface area contributed by atoms with Gasteiger partial charge in [0.2, 0.25) is 0 Å². The number of allylic oxidation sites excluding steroid dienone is 2. The van der Waals surface area contributed by atoms with Crippen molar-refractivity contribution in [1.29, 1.82) is 5.26 Å². The van der Waals surface area contributed by atoms with Crippen molar-refractivity contribution in [3.63, 3.8) is 0 Å². The Labute approximate surface area is 110 Å². The van der Waals surface area contributed by atoms with Gasteiger partial charge >= 0.3 is 0 Å². The molecule has 0 saturated carbocycles. The lowest BCUT2D eigenvalue weighted by Gasteiger charge is -2.01. The van der Waals surface area contributed by atoms with Crippen LogP contribution in [0.1, 0.15) is 11.1 Å². The van der Waals surface area contributed by atoms with Crippen LogP contribution >= 0.6 is 0 Å². The Bertz CT molecular complexity index is 605. The maximum absolute atomic E-state index is 8.90. The molecule has 18 heavy (non-hydrogen) atoms. The van der Waals surface area contributed by atoms with Gasteiger partial charge in [0, 0.05) is 5.56 Å². The highest BCUT2D eigenvalue weighted by atomic mass is 28.3. The number of benzene rings is 1. The summed E-state index contributed by atoms with van der Waals surface area (Å²) in [4.78, 5) is 0. The first-order chi connectivity index (χ1) is 8.53. The van der Waals surface area contributed by atoms with Gasteiger partial charge in [0.05, 0.1) is 5.56 Å². The molecule has 0 aromatic heterocycles. The van der Waals surface area contributed by atoms with E-state index in [1.807, 2.05) is 18.2 Å². The Balaban J connectivity index is 2.76. The van der Waals surface area contributed by atoms with Crippen LogP contribution in [0.2, 0.25) is 19.6 Å². The maximum atomic E-state index is 8.90. The van der Waals surface area contributed by atoms with Crippen LogP contribution in [0.4, 0.5) is 0 Å². The molecule has 1 aromatic carbocycles. The average molecular weight is 249 g/mol. The Hall–Kier alpha value is -2.21. The van der Waals surface area contributed by atoms with Gasteiger partial charge in [-0.1, -0.05) is 49.5 Å². The second-order valence-electron chi connectivity index (χ2n) is 4.78. The molecule has 0 unspecified atom stereocenters. The van der Waals surface area contributed by atoms with Crippen LogP contribution in [0.3, 0.4) is 0 Å². The monoisotopic (exact) mass is 249 g/mol. The van der Waals surface area contributed by atoms with Gasteiger partial charge in [-0.2, -0.15) is 5.26 Å². The molecule has 0 saturated heterocycles. The number of nitrogens with zero attached hydrogens (tertiary/aromatic N) is 1. The largest absolute Gasteiger partial charge is 0.192 e. The number of rotatable bonds is 0. The van der Waals surface area contributed by atoms with E-state index in [0.717, 1.165) is 5.56 Å². The molecule has 0 radical (unpaired) electrons. The third-order valence-corrected chi connectivity index (χ3v) is 2.85. The van der Waals surface area contributed by atoms with Crippen molar-refractivity contribution in [2.24, 2.45) is 0 Å². The van der Waals surface area contributed by atoms with Gasteiger partial charge < -0.3 is 0 Å². The van der Waals surface area contributed by atoms with E-state index in [1.54, 1.807) is 18.2 Å². The van der Waals surface area contributed by atoms with Crippen molar-refractivity contribution in [3.8, 4) is 29.4 Å². The second-order valence-corrected chi connectivity index (χ2v) is 9.53. The summed E-state index contributed by atoms with van der Waals surface area (Å²) in [6, 6.07) is 9.43. The van der Waals surface area contributed by atoms with Gasteiger partial charge in [0.1, 0.15) is 14.1 Å².